The average molecular weight is 849 g/mol. The summed E-state index contributed by atoms with van der Waals surface area (Å²) in [5.74, 6) is -5.31. The zero-order valence-electron chi connectivity index (χ0n) is 40.8. The van der Waals surface area contributed by atoms with Crippen molar-refractivity contribution in [2.45, 2.75) is 181 Å². The molecule has 344 valence electrons. The van der Waals surface area contributed by atoms with Gasteiger partial charge in [0.15, 0.2) is 11.1 Å². The lowest BCUT2D eigenvalue weighted by Crippen LogP contribution is -2.49. The van der Waals surface area contributed by atoms with Crippen LogP contribution in [-0.2, 0) is 47.8 Å². The molecule has 0 aromatic rings. The minimum atomic E-state index is -1.16. The molecule has 4 aliphatic rings. The third kappa shape index (κ3) is 9.21. The number of esters is 4. The normalized spacial score (nSPS) is 29.9. The van der Waals surface area contributed by atoms with Crippen molar-refractivity contribution in [3.8, 4) is 0 Å². The van der Waals surface area contributed by atoms with E-state index in [1.165, 1.54) is 0 Å². The van der Waals surface area contributed by atoms with E-state index in [0.29, 0.717) is 25.7 Å². The van der Waals surface area contributed by atoms with Crippen LogP contribution in [0.5, 0.6) is 0 Å². The quantitative estimate of drug-likeness (QED) is 0.0631. The molecular formula is C46H80N4O10. The van der Waals surface area contributed by atoms with Gasteiger partial charge in [0.1, 0.15) is 0 Å². The standard InChI is InChI=1S/C46H80N4O10/c1-39(2)21-29(43(9,10)47(39)17)25-57-35(51)33(36(52)58-26-30-22-40(3,4)48(18)44(30,11)12)34(37(53)59-27-31-23-41(5,6)49(55-19)45(31,13)14)38(54)60-28-32-24-42(7,8)50(56-20)46(32,15)16/h29-32H,21-28H2,1-20H3. The van der Waals surface area contributed by atoms with Gasteiger partial charge in [-0.2, -0.15) is 10.1 Å². The van der Waals surface area contributed by atoms with Gasteiger partial charge in [0.2, 0.25) is 0 Å². The number of hydrogen-bond acceptors (Lipinski definition) is 14. The van der Waals surface area contributed by atoms with Crippen molar-refractivity contribution in [3.05, 3.63) is 11.1 Å². The topological polar surface area (TPSA) is 137 Å². The number of carbonyl (C=O) groups excluding carboxylic acids is 4. The molecule has 0 spiro atoms. The van der Waals surface area contributed by atoms with Crippen LogP contribution >= 0.6 is 0 Å². The second kappa shape index (κ2) is 16.8. The van der Waals surface area contributed by atoms with Crippen molar-refractivity contribution in [2.75, 3.05) is 54.7 Å². The van der Waals surface area contributed by atoms with Gasteiger partial charge in [0.25, 0.3) is 0 Å². The van der Waals surface area contributed by atoms with Crippen LogP contribution in [-0.4, -0.2) is 143 Å². The van der Waals surface area contributed by atoms with Crippen molar-refractivity contribution < 1.29 is 47.8 Å². The van der Waals surface area contributed by atoms with Gasteiger partial charge >= 0.3 is 23.9 Å². The van der Waals surface area contributed by atoms with Gasteiger partial charge in [-0.15, -0.1) is 0 Å². The summed E-state index contributed by atoms with van der Waals surface area (Å²) < 4.78 is 23.9. The Balaban J connectivity index is 1.77. The third-order valence-electron chi connectivity index (χ3n) is 15.8. The van der Waals surface area contributed by atoms with Crippen LogP contribution in [0.25, 0.3) is 0 Å². The van der Waals surface area contributed by atoms with Crippen LogP contribution in [0.4, 0.5) is 0 Å². The smallest absolute Gasteiger partial charge is 0.346 e. The van der Waals surface area contributed by atoms with Crippen LogP contribution in [0.1, 0.15) is 136 Å². The molecule has 0 radical (unpaired) electrons. The van der Waals surface area contributed by atoms with Crippen LogP contribution in [0.2, 0.25) is 0 Å². The molecule has 0 bridgehead atoms. The summed E-state index contributed by atoms with van der Waals surface area (Å²) in [5.41, 5.74) is -4.69. The van der Waals surface area contributed by atoms with E-state index in [1.807, 2.05) is 79.6 Å². The Morgan fingerprint density at radius 2 is 0.617 bits per heavy atom. The average Bonchev–Trinajstić information content (AvgIpc) is 3.56. The monoisotopic (exact) mass is 849 g/mol. The Kier molecular flexibility index (Phi) is 14.0. The number of nitrogens with zero attached hydrogens (tertiary/aromatic N) is 4. The molecule has 4 saturated heterocycles. The first-order valence-electron chi connectivity index (χ1n) is 21.7. The van der Waals surface area contributed by atoms with E-state index in [-0.39, 0.29) is 72.3 Å². The van der Waals surface area contributed by atoms with E-state index in [2.05, 4.69) is 65.2 Å². The fourth-order valence-corrected chi connectivity index (χ4v) is 11.4. The molecule has 4 aliphatic heterocycles. The van der Waals surface area contributed by atoms with Gasteiger partial charge in [-0.05, 0) is 151 Å². The van der Waals surface area contributed by atoms with Crippen molar-refractivity contribution in [1.82, 2.24) is 19.9 Å². The first kappa shape index (κ1) is 50.0. The lowest BCUT2D eigenvalue weighted by Gasteiger charge is -2.39. The van der Waals surface area contributed by atoms with Crippen LogP contribution in [0, 0.1) is 23.7 Å². The van der Waals surface area contributed by atoms with E-state index in [0.717, 1.165) is 0 Å². The number of ether oxygens (including phenoxy) is 4. The van der Waals surface area contributed by atoms with Crippen molar-refractivity contribution in [3.63, 3.8) is 0 Å². The Bertz CT molecular complexity index is 1560. The maximum atomic E-state index is 14.5. The summed E-state index contributed by atoms with van der Waals surface area (Å²) >= 11 is 0. The highest BCUT2D eigenvalue weighted by Gasteiger charge is 2.55. The number of rotatable bonds is 14. The molecule has 4 fully saturated rings. The minimum absolute atomic E-state index is 0.0567. The molecule has 0 N–H and O–H groups in total. The molecule has 60 heavy (non-hydrogen) atoms. The Hall–Kier alpha value is -2.62. The largest absolute Gasteiger partial charge is 0.462 e. The molecule has 14 nitrogen and oxygen atoms in total. The van der Waals surface area contributed by atoms with Crippen LogP contribution in [0.15, 0.2) is 11.1 Å². The maximum Gasteiger partial charge on any atom is 0.346 e. The highest BCUT2D eigenvalue weighted by Crippen LogP contribution is 2.48. The predicted molar refractivity (Wildman–Crippen MR) is 229 cm³/mol. The summed E-state index contributed by atoms with van der Waals surface area (Å²) in [4.78, 5) is 74.2. The fourth-order valence-electron chi connectivity index (χ4n) is 11.4. The minimum Gasteiger partial charge on any atom is -0.462 e. The molecule has 4 atom stereocenters. The molecule has 0 amide bonds. The van der Waals surface area contributed by atoms with E-state index in [1.54, 1.807) is 14.2 Å². The summed E-state index contributed by atoms with van der Waals surface area (Å²) in [6.07, 6.45) is 2.63. The van der Waals surface area contributed by atoms with Gasteiger partial charge < -0.3 is 28.6 Å². The van der Waals surface area contributed by atoms with E-state index in [9.17, 15) is 19.2 Å². The molecule has 4 heterocycles. The first-order valence-corrected chi connectivity index (χ1v) is 21.7. The molecule has 4 rings (SSSR count). The van der Waals surface area contributed by atoms with Crippen molar-refractivity contribution >= 4 is 23.9 Å². The highest BCUT2D eigenvalue weighted by molar-refractivity contribution is 6.28. The van der Waals surface area contributed by atoms with Crippen molar-refractivity contribution in [1.29, 1.82) is 0 Å². The molecule has 0 aliphatic carbocycles. The zero-order valence-corrected chi connectivity index (χ0v) is 40.8. The Labute approximate surface area is 361 Å². The SMILES string of the molecule is CON1C(C)(C)CC(COC(=O)C(C(=O)OCC2CC(C)(C)N(OC)C2(C)C)=C(C(=O)OCC2CC(C)(C)N(C)C2(C)C)C(=O)OCC2CC(C)(C)N(C)C2(C)C)C1(C)C. The third-order valence-corrected chi connectivity index (χ3v) is 15.8. The molecule has 14 heteroatoms. The number of carbonyl (C=O) groups is 4. The number of hydroxylamine groups is 4. The lowest BCUT2D eigenvalue weighted by atomic mass is 9.87. The lowest BCUT2D eigenvalue weighted by molar-refractivity contribution is -0.225. The Morgan fingerprint density at radius 1 is 0.400 bits per heavy atom. The molecular weight excluding hydrogens is 769 g/mol. The highest BCUT2D eigenvalue weighted by atomic mass is 16.7. The second-order valence-corrected chi connectivity index (χ2v) is 22.7. The van der Waals surface area contributed by atoms with Gasteiger partial charge in [-0.25, -0.2) is 19.2 Å². The molecule has 4 unspecified atom stereocenters. The predicted octanol–water partition coefficient (Wildman–Crippen LogP) is 6.35. The van der Waals surface area contributed by atoms with Crippen LogP contribution < -0.4 is 0 Å². The summed E-state index contributed by atoms with van der Waals surface area (Å²) in [5, 5.41) is 3.76. The summed E-state index contributed by atoms with van der Waals surface area (Å²) in [6, 6.07) is 0. The fraction of sp³-hybridized carbons (Fsp3) is 0.870. The summed E-state index contributed by atoms with van der Waals surface area (Å²) in [7, 11) is 7.28. The number of hydrogen-bond donors (Lipinski definition) is 0. The van der Waals surface area contributed by atoms with Gasteiger partial charge in [0.05, 0.1) is 40.6 Å². The second-order valence-electron chi connectivity index (χ2n) is 22.7. The molecule has 0 aromatic heterocycles. The zero-order chi connectivity index (χ0) is 46.0. The maximum absolute atomic E-state index is 14.5. The first-order chi connectivity index (χ1) is 27.1. The van der Waals surface area contributed by atoms with Crippen LogP contribution in [0.3, 0.4) is 0 Å². The Morgan fingerprint density at radius 3 is 0.800 bits per heavy atom. The molecule has 0 aromatic carbocycles. The van der Waals surface area contributed by atoms with Gasteiger partial charge in [0, 0.05) is 68.0 Å². The number of likely N-dealkylation sites (tertiary alicyclic amines) is 2. The van der Waals surface area contributed by atoms with E-state index in [4.69, 9.17) is 28.6 Å². The van der Waals surface area contributed by atoms with Crippen molar-refractivity contribution in [2.24, 2.45) is 23.7 Å². The van der Waals surface area contributed by atoms with E-state index >= 15 is 0 Å². The molecule has 0 saturated carbocycles. The van der Waals surface area contributed by atoms with Gasteiger partial charge in [-0.1, -0.05) is 0 Å². The van der Waals surface area contributed by atoms with E-state index < -0.39 is 57.2 Å². The van der Waals surface area contributed by atoms with Gasteiger partial charge in [-0.3, -0.25) is 9.80 Å². The summed E-state index contributed by atoms with van der Waals surface area (Å²) in [6.45, 7) is 32.6.